The summed E-state index contributed by atoms with van der Waals surface area (Å²) < 4.78 is 30.2. The minimum atomic E-state index is -1.13. The van der Waals surface area contributed by atoms with Gasteiger partial charge in [-0.15, -0.1) is 0 Å². The van der Waals surface area contributed by atoms with Crippen LogP contribution in [0.5, 0.6) is 5.75 Å². The summed E-state index contributed by atoms with van der Waals surface area (Å²) in [7, 11) is 0. The first-order valence-electron chi connectivity index (χ1n) is 20.1. The predicted octanol–water partition coefficient (Wildman–Crippen LogP) is 4.08. The average Bonchev–Trinajstić information content (AvgIpc) is 3.62. The predicted molar refractivity (Wildman–Crippen MR) is 194 cm³/mol. The summed E-state index contributed by atoms with van der Waals surface area (Å²) in [6.07, 6.45) is 2.71. The summed E-state index contributed by atoms with van der Waals surface area (Å²) in [5.74, 6) is 0.103. The minimum Gasteiger partial charge on any atom is -0.507 e. The van der Waals surface area contributed by atoms with Gasteiger partial charge in [-0.2, -0.15) is 0 Å². The lowest BCUT2D eigenvalue weighted by Gasteiger charge is -2.65. The molecule has 6 fully saturated rings. The molecule has 6 N–H and O–H groups in total. The number of carbonyl (C=O) groups is 1. The highest BCUT2D eigenvalue weighted by atomic mass is 16.7. The van der Waals surface area contributed by atoms with Crippen LogP contribution in [-0.2, 0) is 28.5 Å². The fourth-order valence-corrected chi connectivity index (χ4v) is 12.1. The normalized spacial score (nSPS) is 49.8. The number of rotatable bonds is 6. The molecular weight excluding hydrogens is 696 g/mol. The standard InChI is InChI=1S/C42H58O12/c1-21-38(48)31(44)19-37(50-21)54-39-22(2)51-36(20-32(39)45)52-25-11-13-40(3)24(16-25)9-10-28-29(40)18-34(46)41(4)27(12-14-42(28,41)49)26-17-35(47)53-33(26)15-23-7-5-6-8-30(23)43/h5-8,15,17,21-22,24-25,27-29,31-32,34,36-39,43-46,48-49H,9-14,16,18-20H2,1-4H3/t21?,22?,24-,25+,27-,28-,29+,31-,32-,34-,36+,37-,38?,39?,40+,41+,42+/m1/s1. The molecule has 1 aromatic rings. The lowest BCUT2D eigenvalue weighted by atomic mass is 9.42. The maximum atomic E-state index is 12.9. The molecule has 0 amide bonds. The summed E-state index contributed by atoms with van der Waals surface area (Å²) in [4.78, 5) is 12.7. The molecule has 0 bridgehead atoms. The van der Waals surface area contributed by atoms with Crippen molar-refractivity contribution in [1.82, 2.24) is 0 Å². The zero-order valence-electron chi connectivity index (χ0n) is 31.8. The van der Waals surface area contributed by atoms with E-state index in [1.165, 1.54) is 6.08 Å². The van der Waals surface area contributed by atoms with Gasteiger partial charge >= 0.3 is 5.97 Å². The number of fused-ring (bicyclic) bond motifs is 5. The number of hydrogen-bond donors (Lipinski definition) is 6. The van der Waals surface area contributed by atoms with Crippen molar-refractivity contribution in [2.75, 3.05) is 0 Å². The highest BCUT2D eigenvalue weighted by molar-refractivity contribution is 5.90. The van der Waals surface area contributed by atoms with Gasteiger partial charge in [-0.3, -0.25) is 0 Å². The number of ether oxygens (including phenoxy) is 5. The number of aliphatic hydroxyl groups excluding tert-OH is 4. The summed E-state index contributed by atoms with van der Waals surface area (Å²) in [5.41, 5.74) is -0.921. The molecule has 2 saturated heterocycles. The van der Waals surface area contributed by atoms with E-state index in [4.69, 9.17) is 23.7 Å². The molecule has 12 heteroatoms. The molecule has 4 aliphatic carbocycles. The first-order chi connectivity index (χ1) is 25.6. The van der Waals surface area contributed by atoms with Gasteiger partial charge in [0.05, 0.1) is 42.2 Å². The smallest absolute Gasteiger partial charge is 0.336 e. The molecule has 4 saturated carbocycles. The van der Waals surface area contributed by atoms with Crippen LogP contribution in [0.3, 0.4) is 0 Å². The average molecular weight is 755 g/mol. The van der Waals surface area contributed by atoms with Gasteiger partial charge < -0.3 is 54.3 Å². The number of phenols is 1. The third-order valence-electron chi connectivity index (χ3n) is 15.2. The van der Waals surface area contributed by atoms with E-state index in [1.807, 2.05) is 13.8 Å². The first kappa shape index (κ1) is 38.5. The second kappa shape index (κ2) is 14.2. The Bertz CT molecular complexity index is 1620. The van der Waals surface area contributed by atoms with Gasteiger partial charge in [-0.05, 0) is 106 Å². The van der Waals surface area contributed by atoms with E-state index in [0.29, 0.717) is 42.1 Å². The largest absolute Gasteiger partial charge is 0.507 e. The fourth-order valence-electron chi connectivity index (χ4n) is 12.1. The van der Waals surface area contributed by atoms with Crippen molar-refractivity contribution in [3.63, 3.8) is 0 Å². The van der Waals surface area contributed by atoms with Crippen LogP contribution in [0, 0.1) is 34.5 Å². The summed E-state index contributed by atoms with van der Waals surface area (Å²) >= 11 is 0. The maximum absolute atomic E-state index is 12.9. The van der Waals surface area contributed by atoms with Crippen LogP contribution in [-0.4, -0.2) is 104 Å². The van der Waals surface area contributed by atoms with Gasteiger partial charge in [-0.1, -0.05) is 32.0 Å². The quantitative estimate of drug-likeness (QED) is 0.181. The molecular formula is C42H58O12. The molecule has 0 aromatic heterocycles. The van der Waals surface area contributed by atoms with Crippen LogP contribution >= 0.6 is 0 Å². The number of hydrogen-bond acceptors (Lipinski definition) is 12. The molecule has 7 aliphatic rings. The Morgan fingerprint density at radius 3 is 2.30 bits per heavy atom. The van der Waals surface area contributed by atoms with E-state index in [-0.39, 0.29) is 47.9 Å². The summed E-state index contributed by atoms with van der Waals surface area (Å²) in [6.45, 7) is 7.84. The van der Waals surface area contributed by atoms with Gasteiger partial charge in [0.1, 0.15) is 23.7 Å². The molecule has 17 atom stereocenters. The Hall–Kier alpha value is -2.39. The van der Waals surface area contributed by atoms with Crippen LogP contribution in [0.25, 0.3) is 6.08 Å². The molecule has 4 unspecified atom stereocenters. The Labute approximate surface area is 317 Å². The number of allylic oxidation sites excluding steroid dienone is 1. The molecule has 8 rings (SSSR count). The number of aromatic hydroxyl groups is 1. The third-order valence-corrected chi connectivity index (χ3v) is 15.2. The van der Waals surface area contributed by atoms with Crippen molar-refractivity contribution in [1.29, 1.82) is 0 Å². The number of esters is 1. The fraction of sp³-hybridized carbons (Fsp3) is 0.738. The van der Waals surface area contributed by atoms with Crippen molar-refractivity contribution >= 4 is 12.0 Å². The maximum Gasteiger partial charge on any atom is 0.336 e. The van der Waals surface area contributed by atoms with Crippen LogP contribution < -0.4 is 0 Å². The van der Waals surface area contributed by atoms with Crippen molar-refractivity contribution in [2.45, 2.75) is 159 Å². The first-order valence-corrected chi connectivity index (χ1v) is 20.1. The van der Waals surface area contributed by atoms with Crippen LogP contribution in [0.4, 0.5) is 0 Å². The van der Waals surface area contributed by atoms with E-state index in [1.54, 1.807) is 37.3 Å². The van der Waals surface area contributed by atoms with Gasteiger partial charge in [0, 0.05) is 35.5 Å². The number of benzene rings is 1. The molecule has 0 spiro atoms. The lowest BCUT2D eigenvalue weighted by molar-refractivity contribution is -0.318. The molecule has 3 heterocycles. The van der Waals surface area contributed by atoms with Crippen LogP contribution in [0.2, 0.25) is 0 Å². The Morgan fingerprint density at radius 2 is 1.56 bits per heavy atom. The second-order valence-corrected chi connectivity index (χ2v) is 17.9. The Morgan fingerprint density at radius 1 is 0.833 bits per heavy atom. The monoisotopic (exact) mass is 754 g/mol. The summed E-state index contributed by atoms with van der Waals surface area (Å²) in [5, 5.41) is 66.8. The number of carbonyl (C=O) groups excluding carboxylic acids is 1. The van der Waals surface area contributed by atoms with E-state index >= 15 is 0 Å². The van der Waals surface area contributed by atoms with E-state index in [2.05, 4.69) is 6.92 Å². The van der Waals surface area contributed by atoms with Crippen LogP contribution in [0.1, 0.15) is 97.5 Å². The molecule has 12 nitrogen and oxygen atoms in total. The topological polar surface area (TPSA) is 185 Å². The zero-order valence-corrected chi connectivity index (χ0v) is 31.8. The number of phenolic OH excluding ortho intramolecular Hbond substituents is 1. The van der Waals surface area contributed by atoms with Crippen molar-refractivity contribution < 1.29 is 59.1 Å². The zero-order chi connectivity index (χ0) is 38.3. The van der Waals surface area contributed by atoms with Crippen molar-refractivity contribution in [3.8, 4) is 5.75 Å². The molecule has 54 heavy (non-hydrogen) atoms. The number of para-hydroxylation sites is 1. The summed E-state index contributed by atoms with van der Waals surface area (Å²) in [6, 6.07) is 6.87. The van der Waals surface area contributed by atoms with E-state index in [9.17, 15) is 35.4 Å². The highest BCUT2D eigenvalue weighted by Gasteiger charge is 2.71. The third kappa shape index (κ3) is 6.28. The van der Waals surface area contributed by atoms with E-state index in [0.717, 1.165) is 32.1 Å². The second-order valence-electron chi connectivity index (χ2n) is 17.9. The molecule has 1 aromatic carbocycles. The molecule has 3 aliphatic heterocycles. The van der Waals surface area contributed by atoms with Gasteiger partial charge in [0.15, 0.2) is 12.6 Å². The van der Waals surface area contributed by atoms with Crippen molar-refractivity contribution in [2.24, 2.45) is 34.5 Å². The van der Waals surface area contributed by atoms with Crippen molar-refractivity contribution in [3.05, 3.63) is 47.2 Å². The number of cyclic esters (lactones) is 1. The minimum absolute atomic E-state index is 0.00560. The van der Waals surface area contributed by atoms with Gasteiger partial charge in [0.2, 0.25) is 0 Å². The molecule has 0 radical (unpaired) electrons. The molecule has 298 valence electrons. The number of aliphatic hydroxyl groups is 5. The van der Waals surface area contributed by atoms with E-state index < -0.39 is 72.3 Å². The van der Waals surface area contributed by atoms with Gasteiger partial charge in [0.25, 0.3) is 0 Å². The Balaban J connectivity index is 0.925. The lowest BCUT2D eigenvalue weighted by Crippen LogP contribution is -2.67. The van der Waals surface area contributed by atoms with Gasteiger partial charge in [-0.25, -0.2) is 4.79 Å². The Kier molecular flexibility index (Phi) is 10.1. The van der Waals surface area contributed by atoms with Crippen LogP contribution in [0.15, 0.2) is 41.7 Å². The highest BCUT2D eigenvalue weighted by Crippen LogP contribution is 2.70. The SMILES string of the molecule is CC1O[C@H](OC2C(C)O[C@@H](O[C@H]3CC[C@@]4(C)[C@H](CC[C@@H]5[C@@H]4C[C@@H](O)[C@]4(C)[C@@H](C6=CC(=O)OC6=Cc6ccccc6O)CC[C@]54O)C3)C[C@H]2O)C[C@@H](O)C1O.